The molecule has 1 saturated carbocycles. The normalized spacial score (nSPS) is 29.6. The van der Waals surface area contributed by atoms with Crippen molar-refractivity contribution in [1.82, 2.24) is 0 Å². The molecule has 2 aliphatic rings. The van der Waals surface area contributed by atoms with Crippen molar-refractivity contribution in [3.63, 3.8) is 0 Å². The standard InChI is InChI=1S/C14H14O2/c1-8-2-3-9-5-11-12(10(9)4-8)6-14(16)13(11)7-15/h2-4,7,11-12,15H,5-6H2,1H3/b13-7+. The van der Waals surface area contributed by atoms with Crippen LogP contribution in [0.2, 0.25) is 0 Å². The van der Waals surface area contributed by atoms with Crippen molar-refractivity contribution in [2.45, 2.75) is 25.7 Å². The van der Waals surface area contributed by atoms with Crippen LogP contribution in [-0.4, -0.2) is 10.9 Å². The molecule has 2 aliphatic carbocycles. The maximum Gasteiger partial charge on any atom is 0.162 e. The van der Waals surface area contributed by atoms with Crippen LogP contribution in [0.1, 0.15) is 29.0 Å². The van der Waals surface area contributed by atoms with E-state index in [1.165, 1.54) is 16.7 Å². The molecule has 1 aromatic rings. The van der Waals surface area contributed by atoms with Gasteiger partial charge in [-0.3, -0.25) is 4.79 Å². The SMILES string of the molecule is Cc1ccc2c(c1)C1CC(=O)/C(=C/O)C1C2. The van der Waals surface area contributed by atoms with Gasteiger partial charge in [-0.15, -0.1) is 0 Å². The van der Waals surface area contributed by atoms with Crippen molar-refractivity contribution >= 4 is 5.78 Å². The smallest absolute Gasteiger partial charge is 0.162 e. The van der Waals surface area contributed by atoms with Gasteiger partial charge in [-0.2, -0.15) is 0 Å². The number of benzene rings is 1. The van der Waals surface area contributed by atoms with Crippen LogP contribution in [0.15, 0.2) is 30.0 Å². The minimum absolute atomic E-state index is 0.115. The summed E-state index contributed by atoms with van der Waals surface area (Å²) in [6, 6.07) is 6.46. The Morgan fingerprint density at radius 1 is 1.31 bits per heavy atom. The second kappa shape index (κ2) is 3.21. The number of aryl methyl sites for hydroxylation is 1. The van der Waals surface area contributed by atoms with Crippen molar-refractivity contribution in [2.75, 3.05) is 0 Å². The number of hydrogen-bond acceptors (Lipinski definition) is 2. The van der Waals surface area contributed by atoms with Crippen LogP contribution in [0.3, 0.4) is 0 Å². The van der Waals surface area contributed by atoms with E-state index < -0.39 is 0 Å². The van der Waals surface area contributed by atoms with E-state index in [1.54, 1.807) is 0 Å². The molecule has 0 spiro atoms. The highest BCUT2D eigenvalue weighted by molar-refractivity contribution is 5.99. The number of carbonyl (C=O) groups excluding carboxylic acids is 1. The molecule has 0 aromatic heterocycles. The number of hydrogen-bond donors (Lipinski definition) is 1. The zero-order valence-corrected chi connectivity index (χ0v) is 9.23. The summed E-state index contributed by atoms with van der Waals surface area (Å²) in [6.45, 7) is 2.08. The third kappa shape index (κ3) is 1.16. The highest BCUT2D eigenvalue weighted by atomic mass is 16.2. The molecule has 0 aliphatic heterocycles. The fourth-order valence-corrected chi connectivity index (χ4v) is 3.11. The van der Waals surface area contributed by atoms with Gasteiger partial charge in [0.1, 0.15) is 0 Å². The summed E-state index contributed by atoms with van der Waals surface area (Å²) in [5.41, 5.74) is 4.52. The zero-order valence-electron chi connectivity index (χ0n) is 9.23. The Bertz CT molecular complexity index is 499. The lowest BCUT2D eigenvalue weighted by atomic mass is 9.94. The van der Waals surface area contributed by atoms with E-state index in [9.17, 15) is 4.79 Å². The van der Waals surface area contributed by atoms with Crippen LogP contribution in [0, 0.1) is 12.8 Å². The van der Waals surface area contributed by atoms with Crippen LogP contribution in [0.25, 0.3) is 0 Å². The molecule has 3 rings (SSSR count). The number of fused-ring (bicyclic) bond motifs is 3. The number of carbonyl (C=O) groups is 1. The summed E-state index contributed by atoms with van der Waals surface area (Å²) in [5.74, 6) is 0.639. The molecule has 0 saturated heterocycles. The molecule has 1 N–H and O–H groups in total. The second-order valence-electron chi connectivity index (χ2n) is 4.83. The van der Waals surface area contributed by atoms with Gasteiger partial charge in [0.05, 0.1) is 6.26 Å². The van der Waals surface area contributed by atoms with Crippen molar-refractivity contribution in [2.24, 2.45) is 5.92 Å². The Kier molecular flexibility index (Phi) is 1.93. The van der Waals surface area contributed by atoms with E-state index >= 15 is 0 Å². The van der Waals surface area contributed by atoms with Crippen LogP contribution in [0.5, 0.6) is 0 Å². The van der Waals surface area contributed by atoms with E-state index in [1.807, 2.05) is 0 Å². The van der Waals surface area contributed by atoms with Crippen LogP contribution in [0.4, 0.5) is 0 Å². The highest BCUT2D eigenvalue weighted by Gasteiger charge is 2.43. The third-order valence-electron chi connectivity index (χ3n) is 3.89. The van der Waals surface area contributed by atoms with E-state index in [-0.39, 0.29) is 11.7 Å². The Hall–Kier alpha value is -1.57. The molecule has 82 valence electrons. The predicted molar refractivity (Wildman–Crippen MR) is 61.4 cm³/mol. The van der Waals surface area contributed by atoms with Gasteiger partial charge in [-0.05, 0) is 30.4 Å². The van der Waals surface area contributed by atoms with Gasteiger partial charge >= 0.3 is 0 Å². The molecule has 2 unspecified atom stereocenters. The monoisotopic (exact) mass is 214 g/mol. The number of Topliss-reactive ketones (excluding diaryl/α,β-unsaturated/α-hetero) is 1. The molecule has 1 aromatic carbocycles. The van der Waals surface area contributed by atoms with Crippen molar-refractivity contribution in [3.05, 3.63) is 46.7 Å². The van der Waals surface area contributed by atoms with E-state index in [2.05, 4.69) is 25.1 Å². The third-order valence-corrected chi connectivity index (χ3v) is 3.89. The Morgan fingerprint density at radius 2 is 2.12 bits per heavy atom. The molecule has 0 bridgehead atoms. The molecule has 2 nitrogen and oxygen atoms in total. The first-order valence-corrected chi connectivity index (χ1v) is 5.67. The molecule has 0 radical (unpaired) electrons. The first-order valence-electron chi connectivity index (χ1n) is 5.67. The summed E-state index contributed by atoms with van der Waals surface area (Å²) >= 11 is 0. The molecule has 0 amide bonds. The maximum absolute atomic E-state index is 11.7. The van der Waals surface area contributed by atoms with Gasteiger partial charge in [-0.1, -0.05) is 23.8 Å². The lowest BCUT2D eigenvalue weighted by Crippen LogP contribution is -2.03. The Balaban J connectivity index is 2.08. The van der Waals surface area contributed by atoms with Gasteiger partial charge in [0.15, 0.2) is 5.78 Å². The van der Waals surface area contributed by atoms with Gasteiger partial charge in [-0.25, -0.2) is 0 Å². The van der Waals surface area contributed by atoms with Crippen molar-refractivity contribution in [3.8, 4) is 0 Å². The second-order valence-corrected chi connectivity index (χ2v) is 4.83. The van der Waals surface area contributed by atoms with Gasteiger partial charge < -0.3 is 5.11 Å². The minimum Gasteiger partial charge on any atom is -0.515 e. The first kappa shape index (κ1) is 9.64. The van der Waals surface area contributed by atoms with Crippen molar-refractivity contribution < 1.29 is 9.90 Å². The summed E-state index contributed by atoms with van der Waals surface area (Å²) in [7, 11) is 0. The number of aliphatic hydroxyl groups is 1. The maximum atomic E-state index is 11.7. The van der Waals surface area contributed by atoms with Gasteiger partial charge in [0, 0.05) is 17.9 Å². The summed E-state index contributed by atoms with van der Waals surface area (Å²) in [4.78, 5) is 11.7. The van der Waals surface area contributed by atoms with Crippen LogP contribution >= 0.6 is 0 Å². The average Bonchev–Trinajstić information content (AvgIpc) is 2.73. The summed E-state index contributed by atoms with van der Waals surface area (Å²) in [5, 5.41) is 9.13. The fourth-order valence-electron chi connectivity index (χ4n) is 3.11. The predicted octanol–water partition coefficient (Wildman–Crippen LogP) is 2.67. The average molecular weight is 214 g/mol. The summed E-state index contributed by atoms with van der Waals surface area (Å²) in [6.07, 6.45) is 2.48. The topological polar surface area (TPSA) is 37.3 Å². The molecule has 0 heterocycles. The molecule has 1 fully saturated rings. The van der Waals surface area contributed by atoms with E-state index in [4.69, 9.17) is 5.11 Å². The Morgan fingerprint density at radius 3 is 2.88 bits per heavy atom. The van der Waals surface area contributed by atoms with Gasteiger partial charge in [0.25, 0.3) is 0 Å². The molecule has 2 atom stereocenters. The van der Waals surface area contributed by atoms with Crippen LogP contribution < -0.4 is 0 Å². The zero-order chi connectivity index (χ0) is 11.3. The minimum atomic E-state index is 0.115. The molecular formula is C14H14O2. The van der Waals surface area contributed by atoms with E-state index in [0.29, 0.717) is 17.9 Å². The number of ketones is 1. The Labute approximate surface area is 94.6 Å². The van der Waals surface area contributed by atoms with Crippen LogP contribution in [-0.2, 0) is 11.2 Å². The highest BCUT2D eigenvalue weighted by Crippen LogP contribution is 2.49. The number of allylic oxidation sites excluding steroid dienone is 1. The van der Waals surface area contributed by atoms with Crippen molar-refractivity contribution in [1.29, 1.82) is 0 Å². The first-order chi connectivity index (χ1) is 7.70. The quantitative estimate of drug-likeness (QED) is 0.532. The number of rotatable bonds is 0. The number of aliphatic hydroxyl groups excluding tert-OH is 1. The summed E-state index contributed by atoms with van der Waals surface area (Å²) < 4.78 is 0. The largest absolute Gasteiger partial charge is 0.515 e. The lowest BCUT2D eigenvalue weighted by molar-refractivity contribution is -0.114. The molecule has 2 heteroatoms. The molecular weight excluding hydrogens is 200 g/mol. The fraction of sp³-hybridized carbons (Fsp3) is 0.357. The lowest BCUT2D eigenvalue weighted by Gasteiger charge is -2.08. The van der Waals surface area contributed by atoms with E-state index in [0.717, 1.165) is 12.7 Å². The molecule has 16 heavy (non-hydrogen) atoms. The van der Waals surface area contributed by atoms with Gasteiger partial charge in [0.2, 0.25) is 0 Å².